The number of amides is 1. The summed E-state index contributed by atoms with van der Waals surface area (Å²) >= 11 is 0. The van der Waals surface area contributed by atoms with E-state index in [2.05, 4.69) is 31.3 Å². The number of rotatable bonds is 6. The normalized spacial score (nSPS) is 12.2. The topological polar surface area (TPSA) is 55.1 Å². The second-order valence-corrected chi connectivity index (χ2v) is 4.58. The zero-order chi connectivity index (χ0) is 13.5. The monoisotopic (exact) mass is 248 g/mol. The molecule has 3 N–H and O–H groups in total. The van der Waals surface area contributed by atoms with Crippen LogP contribution in [0.1, 0.15) is 44.7 Å². The summed E-state index contributed by atoms with van der Waals surface area (Å²) in [7, 11) is 0. The molecule has 0 bridgehead atoms. The van der Waals surface area contributed by atoms with Gasteiger partial charge in [-0.3, -0.25) is 4.79 Å². The first-order valence-corrected chi connectivity index (χ1v) is 6.78. The summed E-state index contributed by atoms with van der Waals surface area (Å²) in [4.78, 5) is 11.9. The van der Waals surface area contributed by atoms with Crippen molar-refractivity contribution in [1.29, 1.82) is 0 Å². The second kappa shape index (κ2) is 7.17. The van der Waals surface area contributed by atoms with Crippen LogP contribution in [-0.4, -0.2) is 11.9 Å². The number of para-hydroxylation sites is 1. The van der Waals surface area contributed by atoms with Gasteiger partial charge in [0.25, 0.3) is 0 Å². The number of hydrogen-bond donors (Lipinski definition) is 2. The van der Waals surface area contributed by atoms with E-state index in [9.17, 15) is 4.79 Å². The molecule has 3 nitrogen and oxygen atoms in total. The predicted molar refractivity (Wildman–Crippen MR) is 76.7 cm³/mol. The fourth-order valence-corrected chi connectivity index (χ4v) is 1.98. The minimum atomic E-state index is -0.0520. The highest BCUT2D eigenvalue weighted by molar-refractivity contribution is 5.92. The lowest BCUT2D eigenvalue weighted by Crippen LogP contribution is -2.26. The van der Waals surface area contributed by atoms with Gasteiger partial charge in [0.15, 0.2) is 0 Å². The molecule has 1 aromatic carbocycles. The summed E-state index contributed by atoms with van der Waals surface area (Å²) in [6.45, 7) is 6.19. The zero-order valence-corrected chi connectivity index (χ0v) is 11.6. The van der Waals surface area contributed by atoms with Gasteiger partial charge in [-0.1, -0.05) is 39.0 Å². The van der Waals surface area contributed by atoms with Gasteiger partial charge in [-0.25, -0.2) is 0 Å². The summed E-state index contributed by atoms with van der Waals surface area (Å²) in [5, 5.41) is 3.03. The summed E-state index contributed by atoms with van der Waals surface area (Å²) in [5.41, 5.74) is 9.17. The van der Waals surface area contributed by atoms with Crippen LogP contribution in [0.4, 0.5) is 5.69 Å². The Bertz CT molecular complexity index is 379. The van der Waals surface area contributed by atoms with E-state index < -0.39 is 0 Å². The molecule has 0 aliphatic rings. The summed E-state index contributed by atoms with van der Waals surface area (Å²) in [6, 6.07) is 6.12. The van der Waals surface area contributed by atoms with Crippen LogP contribution in [0, 0.1) is 0 Å². The molecule has 100 valence electrons. The third kappa shape index (κ3) is 3.84. The zero-order valence-electron chi connectivity index (χ0n) is 11.6. The molecule has 0 saturated heterocycles. The molecule has 0 fully saturated rings. The van der Waals surface area contributed by atoms with E-state index in [1.54, 1.807) is 0 Å². The van der Waals surface area contributed by atoms with E-state index in [1.165, 1.54) is 11.1 Å². The van der Waals surface area contributed by atoms with Gasteiger partial charge in [0.05, 0.1) is 0 Å². The van der Waals surface area contributed by atoms with Crippen molar-refractivity contribution in [2.45, 2.75) is 52.5 Å². The van der Waals surface area contributed by atoms with Crippen LogP contribution in [0.25, 0.3) is 0 Å². The van der Waals surface area contributed by atoms with Crippen LogP contribution >= 0.6 is 0 Å². The third-order valence-corrected chi connectivity index (χ3v) is 3.24. The van der Waals surface area contributed by atoms with Crippen LogP contribution in [0.2, 0.25) is 0 Å². The summed E-state index contributed by atoms with van der Waals surface area (Å²) in [5.74, 6) is 0.0138. The number of hydrogen-bond acceptors (Lipinski definition) is 2. The van der Waals surface area contributed by atoms with Crippen LogP contribution in [0.3, 0.4) is 0 Å². The van der Waals surface area contributed by atoms with E-state index in [1.807, 2.05) is 13.0 Å². The molecule has 1 aromatic rings. The Labute approximate surface area is 110 Å². The average Bonchev–Trinajstić information content (AvgIpc) is 2.38. The summed E-state index contributed by atoms with van der Waals surface area (Å²) < 4.78 is 0. The minimum absolute atomic E-state index is 0.0138. The van der Waals surface area contributed by atoms with Gasteiger partial charge >= 0.3 is 0 Å². The van der Waals surface area contributed by atoms with E-state index in [0.29, 0.717) is 6.42 Å². The van der Waals surface area contributed by atoms with Crippen molar-refractivity contribution in [1.82, 2.24) is 0 Å². The molecule has 0 aliphatic heterocycles. The standard InChI is InChI=1S/C15H24N2O/c1-4-11-8-7-9-12(5-2)15(11)17-14(18)10-13(16)6-3/h7-9,13H,4-6,10,16H2,1-3H3,(H,17,18). The van der Waals surface area contributed by atoms with E-state index in [0.717, 1.165) is 24.9 Å². The number of nitrogens with one attached hydrogen (secondary N) is 1. The average molecular weight is 248 g/mol. The molecule has 1 unspecified atom stereocenters. The molecule has 1 amide bonds. The molecule has 0 radical (unpaired) electrons. The van der Waals surface area contributed by atoms with Crippen molar-refractivity contribution >= 4 is 11.6 Å². The Kier molecular flexibility index (Phi) is 5.86. The SMILES string of the molecule is CCc1cccc(CC)c1NC(=O)CC(N)CC. The molecule has 0 aromatic heterocycles. The molecular weight excluding hydrogens is 224 g/mol. The Morgan fingerprint density at radius 2 is 1.78 bits per heavy atom. The quantitative estimate of drug-likeness (QED) is 0.813. The third-order valence-electron chi connectivity index (χ3n) is 3.24. The lowest BCUT2D eigenvalue weighted by atomic mass is 10.0. The van der Waals surface area contributed by atoms with E-state index in [-0.39, 0.29) is 11.9 Å². The van der Waals surface area contributed by atoms with E-state index in [4.69, 9.17) is 5.73 Å². The van der Waals surface area contributed by atoms with Gasteiger partial charge < -0.3 is 11.1 Å². The first kappa shape index (κ1) is 14.7. The second-order valence-electron chi connectivity index (χ2n) is 4.58. The van der Waals surface area contributed by atoms with Gasteiger partial charge in [-0.2, -0.15) is 0 Å². The molecular formula is C15H24N2O. The minimum Gasteiger partial charge on any atom is -0.327 e. The lowest BCUT2D eigenvalue weighted by Gasteiger charge is -2.15. The predicted octanol–water partition coefficient (Wildman–Crippen LogP) is 2.88. The number of nitrogens with two attached hydrogens (primary N) is 1. The first-order valence-electron chi connectivity index (χ1n) is 6.78. The van der Waals surface area contributed by atoms with Crippen molar-refractivity contribution in [2.24, 2.45) is 5.73 Å². The summed E-state index contributed by atoms with van der Waals surface area (Å²) in [6.07, 6.45) is 3.05. The molecule has 0 aliphatic carbocycles. The number of benzene rings is 1. The molecule has 1 rings (SSSR count). The molecule has 0 spiro atoms. The number of carbonyl (C=O) groups excluding carboxylic acids is 1. The van der Waals surface area contributed by atoms with Crippen LogP contribution in [0.15, 0.2) is 18.2 Å². The highest BCUT2D eigenvalue weighted by Gasteiger charge is 2.12. The van der Waals surface area contributed by atoms with Gasteiger partial charge in [0.1, 0.15) is 0 Å². The van der Waals surface area contributed by atoms with Gasteiger partial charge in [0, 0.05) is 18.2 Å². The van der Waals surface area contributed by atoms with Crippen LogP contribution in [0.5, 0.6) is 0 Å². The molecule has 0 heterocycles. The molecule has 1 atom stereocenters. The fourth-order valence-electron chi connectivity index (χ4n) is 1.98. The number of carbonyl (C=O) groups is 1. The largest absolute Gasteiger partial charge is 0.327 e. The Morgan fingerprint density at radius 3 is 2.22 bits per heavy atom. The number of aryl methyl sites for hydroxylation is 2. The van der Waals surface area contributed by atoms with Crippen molar-refractivity contribution in [2.75, 3.05) is 5.32 Å². The lowest BCUT2D eigenvalue weighted by molar-refractivity contribution is -0.116. The maximum atomic E-state index is 11.9. The Morgan fingerprint density at radius 1 is 1.22 bits per heavy atom. The van der Waals surface area contributed by atoms with E-state index >= 15 is 0 Å². The van der Waals surface area contributed by atoms with Crippen molar-refractivity contribution in [3.63, 3.8) is 0 Å². The smallest absolute Gasteiger partial charge is 0.225 e. The first-order chi connectivity index (χ1) is 8.62. The van der Waals surface area contributed by atoms with Gasteiger partial charge in [0.2, 0.25) is 5.91 Å². The maximum Gasteiger partial charge on any atom is 0.225 e. The highest BCUT2D eigenvalue weighted by Crippen LogP contribution is 2.22. The molecule has 0 saturated carbocycles. The van der Waals surface area contributed by atoms with Gasteiger partial charge in [-0.05, 0) is 30.4 Å². The van der Waals surface area contributed by atoms with Crippen molar-refractivity contribution in [3.05, 3.63) is 29.3 Å². The molecule has 18 heavy (non-hydrogen) atoms. The van der Waals surface area contributed by atoms with Crippen molar-refractivity contribution < 1.29 is 4.79 Å². The number of anilines is 1. The Hall–Kier alpha value is -1.35. The van der Waals surface area contributed by atoms with Crippen molar-refractivity contribution in [3.8, 4) is 0 Å². The fraction of sp³-hybridized carbons (Fsp3) is 0.533. The Balaban J connectivity index is 2.85. The van der Waals surface area contributed by atoms with Gasteiger partial charge in [-0.15, -0.1) is 0 Å². The maximum absolute atomic E-state index is 11.9. The highest BCUT2D eigenvalue weighted by atomic mass is 16.1. The van der Waals surface area contributed by atoms with Crippen LogP contribution in [-0.2, 0) is 17.6 Å². The molecule has 3 heteroatoms. The van der Waals surface area contributed by atoms with Crippen LogP contribution < -0.4 is 11.1 Å².